The zero-order valence-corrected chi connectivity index (χ0v) is 12.4. The summed E-state index contributed by atoms with van der Waals surface area (Å²) in [6.45, 7) is 11.4. The van der Waals surface area contributed by atoms with Gasteiger partial charge in [-0.25, -0.2) is 0 Å². The van der Waals surface area contributed by atoms with E-state index in [0.717, 1.165) is 44.2 Å². The van der Waals surface area contributed by atoms with E-state index >= 15 is 0 Å². The van der Waals surface area contributed by atoms with Crippen molar-refractivity contribution >= 4 is 0 Å². The van der Waals surface area contributed by atoms with Crippen LogP contribution in [0.5, 0.6) is 11.5 Å². The highest BCUT2D eigenvalue weighted by molar-refractivity contribution is 5.48. The molecule has 20 heavy (non-hydrogen) atoms. The minimum absolute atomic E-state index is 0.518. The van der Waals surface area contributed by atoms with Crippen LogP contribution in [0.1, 0.15) is 24.0 Å². The number of aryl methyl sites for hydroxylation is 1. The Morgan fingerprint density at radius 3 is 2.50 bits per heavy atom. The Labute approximate surface area is 121 Å². The standard InChI is InChI=1S/C16H24N2O2/c1-12-9-15-16(20-8-7-19-15)10-14(12)13(2)11-18-5-3-17-4-6-18/h9-10,13,17H,3-8,11H2,1-2H3. The SMILES string of the molecule is Cc1cc2c(cc1C(C)CN1CCNCC1)OCCO2. The topological polar surface area (TPSA) is 33.7 Å². The van der Waals surface area contributed by atoms with Crippen LogP contribution in [-0.2, 0) is 0 Å². The van der Waals surface area contributed by atoms with Crippen LogP contribution < -0.4 is 14.8 Å². The molecule has 2 aliphatic heterocycles. The smallest absolute Gasteiger partial charge is 0.161 e. The average Bonchev–Trinajstić information content (AvgIpc) is 2.47. The molecule has 1 fully saturated rings. The largest absolute Gasteiger partial charge is 0.486 e. The molecule has 1 atom stereocenters. The lowest BCUT2D eigenvalue weighted by molar-refractivity contribution is 0.171. The van der Waals surface area contributed by atoms with Gasteiger partial charge in [-0.3, -0.25) is 0 Å². The summed E-state index contributed by atoms with van der Waals surface area (Å²) in [7, 11) is 0. The van der Waals surface area contributed by atoms with E-state index in [1.54, 1.807) is 0 Å². The minimum atomic E-state index is 0.518. The van der Waals surface area contributed by atoms with E-state index in [-0.39, 0.29) is 0 Å². The lowest BCUT2D eigenvalue weighted by Gasteiger charge is -2.30. The van der Waals surface area contributed by atoms with Gasteiger partial charge in [0.25, 0.3) is 0 Å². The fourth-order valence-corrected chi connectivity index (χ4v) is 3.12. The molecule has 4 nitrogen and oxygen atoms in total. The van der Waals surface area contributed by atoms with Crippen LogP contribution in [0, 0.1) is 6.92 Å². The van der Waals surface area contributed by atoms with Crippen molar-refractivity contribution in [2.24, 2.45) is 0 Å². The Kier molecular flexibility index (Phi) is 4.13. The monoisotopic (exact) mass is 276 g/mol. The van der Waals surface area contributed by atoms with E-state index in [9.17, 15) is 0 Å². The molecule has 1 N–H and O–H groups in total. The number of hydrogen-bond acceptors (Lipinski definition) is 4. The second-order valence-corrected chi connectivity index (χ2v) is 5.80. The van der Waals surface area contributed by atoms with Gasteiger partial charge in [0.05, 0.1) is 0 Å². The van der Waals surface area contributed by atoms with Crippen molar-refractivity contribution < 1.29 is 9.47 Å². The van der Waals surface area contributed by atoms with E-state index in [0.29, 0.717) is 19.1 Å². The van der Waals surface area contributed by atoms with Crippen LogP contribution in [0.3, 0.4) is 0 Å². The summed E-state index contributed by atoms with van der Waals surface area (Å²) < 4.78 is 11.4. The van der Waals surface area contributed by atoms with Crippen molar-refractivity contribution in [2.45, 2.75) is 19.8 Å². The zero-order valence-electron chi connectivity index (χ0n) is 12.4. The predicted octanol–water partition coefficient (Wildman–Crippen LogP) is 1.77. The predicted molar refractivity (Wildman–Crippen MR) is 79.9 cm³/mol. The molecule has 0 saturated carbocycles. The first-order valence-corrected chi connectivity index (χ1v) is 7.57. The molecule has 1 unspecified atom stereocenters. The number of ether oxygens (including phenoxy) is 2. The van der Waals surface area contributed by atoms with Gasteiger partial charge in [-0.15, -0.1) is 0 Å². The molecule has 2 heterocycles. The summed E-state index contributed by atoms with van der Waals surface area (Å²) in [5.41, 5.74) is 2.68. The first-order chi connectivity index (χ1) is 9.74. The van der Waals surface area contributed by atoms with Crippen molar-refractivity contribution in [2.75, 3.05) is 45.9 Å². The van der Waals surface area contributed by atoms with Gasteiger partial charge in [-0.2, -0.15) is 0 Å². The second-order valence-electron chi connectivity index (χ2n) is 5.80. The molecule has 0 aromatic heterocycles. The van der Waals surface area contributed by atoms with Crippen LogP contribution in [0.25, 0.3) is 0 Å². The maximum absolute atomic E-state index is 5.71. The number of nitrogens with zero attached hydrogens (tertiary/aromatic N) is 1. The Morgan fingerprint density at radius 2 is 1.80 bits per heavy atom. The number of rotatable bonds is 3. The van der Waals surface area contributed by atoms with Gasteiger partial charge >= 0.3 is 0 Å². The van der Waals surface area contributed by atoms with Gasteiger partial charge in [0, 0.05) is 32.7 Å². The maximum atomic E-state index is 5.71. The fraction of sp³-hybridized carbons (Fsp3) is 0.625. The molecule has 110 valence electrons. The van der Waals surface area contributed by atoms with Gasteiger partial charge in [0.1, 0.15) is 13.2 Å². The van der Waals surface area contributed by atoms with Gasteiger partial charge < -0.3 is 19.7 Å². The van der Waals surface area contributed by atoms with E-state index in [1.165, 1.54) is 11.1 Å². The van der Waals surface area contributed by atoms with Crippen LogP contribution >= 0.6 is 0 Å². The normalized spacial score (nSPS) is 20.7. The molecule has 0 amide bonds. The van der Waals surface area contributed by atoms with E-state index in [1.807, 2.05) is 0 Å². The summed E-state index contributed by atoms with van der Waals surface area (Å²) in [5.74, 6) is 2.32. The summed E-state index contributed by atoms with van der Waals surface area (Å²) in [5, 5.41) is 3.40. The van der Waals surface area contributed by atoms with Crippen LogP contribution in [0.15, 0.2) is 12.1 Å². The molecular formula is C16H24N2O2. The molecule has 0 bridgehead atoms. The minimum Gasteiger partial charge on any atom is -0.486 e. The van der Waals surface area contributed by atoms with E-state index < -0.39 is 0 Å². The Balaban J connectivity index is 1.74. The molecule has 0 aliphatic carbocycles. The first kappa shape index (κ1) is 13.7. The third kappa shape index (κ3) is 2.91. The van der Waals surface area contributed by atoms with Gasteiger partial charge in [-0.1, -0.05) is 6.92 Å². The van der Waals surface area contributed by atoms with Crippen molar-refractivity contribution in [1.82, 2.24) is 10.2 Å². The quantitative estimate of drug-likeness (QED) is 0.912. The fourth-order valence-electron chi connectivity index (χ4n) is 3.12. The number of piperazine rings is 1. The molecule has 2 aliphatic rings. The lowest BCUT2D eigenvalue weighted by atomic mass is 9.95. The molecular weight excluding hydrogens is 252 g/mol. The number of benzene rings is 1. The zero-order chi connectivity index (χ0) is 13.9. The van der Waals surface area contributed by atoms with Crippen LogP contribution in [-0.4, -0.2) is 50.8 Å². The Morgan fingerprint density at radius 1 is 1.15 bits per heavy atom. The number of fused-ring (bicyclic) bond motifs is 1. The van der Waals surface area contributed by atoms with Crippen LogP contribution in [0.2, 0.25) is 0 Å². The third-order valence-electron chi connectivity index (χ3n) is 4.20. The third-order valence-corrected chi connectivity index (χ3v) is 4.20. The van der Waals surface area contributed by atoms with Crippen LogP contribution in [0.4, 0.5) is 0 Å². The Hall–Kier alpha value is -1.26. The molecule has 3 rings (SSSR count). The highest BCUT2D eigenvalue weighted by Gasteiger charge is 2.19. The second kappa shape index (κ2) is 6.02. The van der Waals surface area contributed by atoms with Crippen molar-refractivity contribution in [1.29, 1.82) is 0 Å². The first-order valence-electron chi connectivity index (χ1n) is 7.57. The average molecular weight is 276 g/mol. The molecule has 0 radical (unpaired) electrons. The highest BCUT2D eigenvalue weighted by Crippen LogP contribution is 2.35. The highest BCUT2D eigenvalue weighted by atomic mass is 16.6. The van der Waals surface area contributed by atoms with E-state index in [4.69, 9.17) is 9.47 Å². The Bertz CT molecular complexity index is 470. The molecule has 1 aromatic rings. The van der Waals surface area contributed by atoms with E-state index in [2.05, 4.69) is 36.2 Å². The summed E-state index contributed by atoms with van der Waals surface area (Å²) >= 11 is 0. The summed E-state index contributed by atoms with van der Waals surface area (Å²) in [6, 6.07) is 4.30. The van der Waals surface area contributed by atoms with Gasteiger partial charge in [0.15, 0.2) is 11.5 Å². The molecule has 4 heteroatoms. The summed E-state index contributed by atoms with van der Waals surface area (Å²) in [4.78, 5) is 2.54. The molecule has 1 aromatic carbocycles. The lowest BCUT2D eigenvalue weighted by Crippen LogP contribution is -2.44. The van der Waals surface area contributed by atoms with Gasteiger partial charge in [-0.05, 0) is 36.1 Å². The molecule has 1 saturated heterocycles. The number of nitrogens with one attached hydrogen (secondary N) is 1. The summed E-state index contributed by atoms with van der Waals surface area (Å²) in [6.07, 6.45) is 0. The maximum Gasteiger partial charge on any atom is 0.161 e. The van der Waals surface area contributed by atoms with Gasteiger partial charge in [0.2, 0.25) is 0 Å². The van der Waals surface area contributed by atoms with Crippen molar-refractivity contribution in [3.63, 3.8) is 0 Å². The van der Waals surface area contributed by atoms with Crippen molar-refractivity contribution in [3.8, 4) is 11.5 Å². The van der Waals surface area contributed by atoms with Crippen molar-refractivity contribution in [3.05, 3.63) is 23.3 Å². The molecule has 0 spiro atoms. The number of hydrogen-bond donors (Lipinski definition) is 1.